The van der Waals surface area contributed by atoms with Crippen LogP contribution in [0, 0.1) is 0 Å². The number of hydrogen-bond acceptors (Lipinski definition) is 1. The first-order valence-electron chi connectivity index (χ1n) is 11.4. The Kier molecular flexibility index (Phi) is 5.32. The Morgan fingerprint density at radius 2 is 1.34 bits per heavy atom. The van der Waals surface area contributed by atoms with Crippen LogP contribution in [0.5, 0.6) is 0 Å². The normalized spacial score (nSPS) is 11.1. The quantitative estimate of drug-likeness (QED) is 0.275. The molecule has 3 nitrogen and oxygen atoms in total. The van der Waals surface area contributed by atoms with Gasteiger partial charge in [-0.15, -0.1) is 0 Å². The minimum Gasteiger partial charge on any atom is -0.321 e. The lowest BCUT2D eigenvalue weighted by Gasteiger charge is -2.13. The van der Waals surface area contributed by atoms with E-state index < -0.39 is 0 Å². The van der Waals surface area contributed by atoms with Crippen LogP contribution in [0.25, 0.3) is 38.6 Å². The summed E-state index contributed by atoms with van der Waals surface area (Å²) in [7, 11) is 0. The Morgan fingerprint density at radius 1 is 0.657 bits per heavy atom. The molecule has 168 valence electrons. The number of fused-ring (bicyclic) bond motifs is 3. The molecule has 0 aliphatic rings. The zero-order valence-corrected chi connectivity index (χ0v) is 19.5. The number of anilines is 1. The van der Waals surface area contributed by atoms with Crippen LogP contribution in [-0.4, -0.2) is 10.5 Å². The van der Waals surface area contributed by atoms with Crippen LogP contribution < -0.4 is 5.32 Å². The smallest absolute Gasteiger partial charge is 0.255 e. The highest BCUT2D eigenvalue weighted by Gasteiger charge is 2.18. The molecule has 0 saturated carbocycles. The molecule has 5 aromatic carbocycles. The minimum atomic E-state index is -0.139. The second-order valence-electron chi connectivity index (χ2n) is 8.40. The predicted octanol–water partition coefficient (Wildman–Crippen LogP) is 8.36. The average Bonchev–Trinajstić information content (AvgIpc) is 3.24. The van der Waals surface area contributed by atoms with Gasteiger partial charge < -0.3 is 9.88 Å². The van der Waals surface area contributed by atoms with Crippen molar-refractivity contribution in [2.75, 3.05) is 5.32 Å². The van der Waals surface area contributed by atoms with E-state index in [1.165, 1.54) is 0 Å². The molecule has 1 N–H and O–H groups in total. The molecule has 1 aromatic heterocycles. The van der Waals surface area contributed by atoms with Crippen LogP contribution in [-0.2, 0) is 0 Å². The highest BCUT2D eigenvalue weighted by molar-refractivity contribution is 6.32. The van der Waals surface area contributed by atoms with Crippen molar-refractivity contribution < 1.29 is 4.79 Å². The van der Waals surface area contributed by atoms with Gasteiger partial charge in [-0.05, 0) is 60.2 Å². The molecule has 0 bridgehead atoms. The summed E-state index contributed by atoms with van der Waals surface area (Å²) in [5.41, 5.74) is 6.61. The van der Waals surface area contributed by atoms with E-state index in [0.29, 0.717) is 10.6 Å². The van der Waals surface area contributed by atoms with Crippen LogP contribution in [0.3, 0.4) is 0 Å². The minimum absolute atomic E-state index is 0.139. The standard InChI is InChI=1S/C31H21ClN2O/c32-22-18-19-28-26(20-22)30-25(15-9-17-29(30)34(28)23-12-5-2-6-13-23)24-14-7-8-16-27(24)33-31(35)21-10-3-1-4-11-21/h1-20H,(H,33,35). The summed E-state index contributed by atoms with van der Waals surface area (Å²) in [6.45, 7) is 0. The first-order chi connectivity index (χ1) is 17.2. The average molecular weight is 473 g/mol. The van der Waals surface area contributed by atoms with Gasteiger partial charge in [0.1, 0.15) is 0 Å². The van der Waals surface area contributed by atoms with E-state index in [-0.39, 0.29) is 5.91 Å². The van der Waals surface area contributed by atoms with Crippen LogP contribution >= 0.6 is 11.6 Å². The lowest BCUT2D eigenvalue weighted by atomic mass is 9.97. The molecular formula is C31H21ClN2O. The number of halogens is 1. The van der Waals surface area contributed by atoms with Crippen LogP contribution in [0.15, 0.2) is 121 Å². The van der Waals surface area contributed by atoms with Crippen molar-refractivity contribution in [3.05, 3.63) is 132 Å². The molecule has 0 aliphatic heterocycles. The van der Waals surface area contributed by atoms with Crippen molar-refractivity contribution in [1.82, 2.24) is 4.57 Å². The Balaban J connectivity index is 1.59. The summed E-state index contributed by atoms with van der Waals surface area (Å²) in [6.07, 6.45) is 0. The summed E-state index contributed by atoms with van der Waals surface area (Å²) < 4.78 is 2.26. The van der Waals surface area contributed by atoms with Crippen molar-refractivity contribution in [2.24, 2.45) is 0 Å². The number of aromatic nitrogens is 1. The highest BCUT2D eigenvalue weighted by Crippen LogP contribution is 2.41. The van der Waals surface area contributed by atoms with Crippen molar-refractivity contribution in [3.8, 4) is 16.8 Å². The Hall–Kier alpha value is -4.34. The Labute approximate surface area is 208 Å². The molecule has 0 aliphatic carbocycles. The molecule has 0 unspecified atom stereocenters. The van der Waals surface area contributed by atoms with E-state index in [9.17, 15) is 4.79 Å². The molecule has 4 heteroatoms. The second kappa shape index (κ2) is 8.79. The topological polar surface area (TPSA) is 34.0 Å². The fourth-order valence-corrected chi connectivity index (χ4v) is 4.91. The molecule has 1 amide bonds. The van der Waals surface area contributed by atoms with Gasteiger partial charge in [0, 0.05) is 38.3 Å². The van der Waals surface area contributed by atoms with Crippen LogP contribution in [0.4, 0.5) is 5.69 Å². The van der Waals surface area contributed by atoms with Crippen molar-refractivity contribution in [1.29, 1.82) is 0 Å². The number of nitrogens with one attached hydrogen (secondary N) is 1. The third-order valence-electron chi connectivity index (χ3n) is 6.27. The number of carbonyl (C=O) groups excluding carboxylic acids is 1. The molecule has 1 heterocycles. The number of hydrogen-bond donors (Lipinski definition) is 1. The molecule has 0 spiro atoms. The number of carbonyl (C=O) groups is 1. The maximum atomic E-state index is 13.0. The lowest BCUT2D eigenvalue weighted by molar-refractivity contribution is 0.102. The molecule has 0 radical (unpaired) electrons. The number of amides is 1. The maximum Gasteiger partial charge on any atom is 0.255 e. The van der Waals surface area contributed by atoms with Gasteiger partial charge in [-0.25, -0.2) is 0 Å². The third-order valence-corrected chi connectivity index (χ3v) is 6.50. The predicted molar refractivity (Wildman–Crippen MR) is 146 cm³/mol. The van der Waals surface area contributed by atoms with Crippen molar-refractivity contribution >= 4 is 45.0 Å². The fraction of sp³-hybridized carbons (Fsp3) is 0. The molecule has 6 rings (SSSR count). The summed E-state index contributed by atoms with van der Waals surface area (Å²) in [6, 6.07) is 39.8. The van der Waals surface area contributed by atoms with E-state index in [0.717, 1.165) is 44.3 Å². The van der Waals surface area contributed by atoms with Crippen LogP contribution in [0.1, 0.15) is 10.4 Å². The lowest BCUT2D eigenvalue weighted by Crippen LogP contribution is -2.12. The van der Waals surface area contributed by atoms with Gasteiger partial charge in [0.2, 0.25) is 0 Å². The molecule has 6 aromatic rings. The van der Waals surface area contributed by atoms with E-state index in [4.69, 9.17) is 11.6 Å². The zero-order chi connectivity index (χ0) is 23.8. The van der Waals surface area contributed by atoms with Crippen molar-refractivity contribution in [3.63, 3.8) is 0 Å². The Bertz CT molecular complexity index is 1690. The summed E-state index contributed by atoms with van der Waals surface area (Å²) in [5.74, 6) is -0.139. The SMILES string of the molecule is O=C(Nc1ccccc1-c1cccc2c1c1cc(Cl)ccc1n2-c1ccccc1)c1ccccc1. The number of para-hydroxylation sites is 2. The van der Waals surface area contributed by atoms with E-state index in [1.807, 2.05) is 84.9 Å². The maximum absolute atomic E-state index is 13.0. The largest absolute Gasteiger partial charge is 0.321 e. The van der Waals surface area contributed by atoms with E-state index in [2.05, 4.69) is 46.3 Å². The van der Waals surface area contributed by atoms with Gasteiger partial charge in [-0.3, -0.25) is 4.79 Å². The monoisotopic (exact) mass is 472 g/mol. The number of rotatable bonds is 4. The van der Waals surface area contributed by atoms with Gasteiger partial charge in [0.25, 0.3) is 5.91 Å². The van der Waals surface area contributed by atoms with E-state index >= 15 is 0 Å². The second-order valence-corrected chi connectivity index (χ2v) is 8.83. The summed E-state index contributed by atoms with van der Waals surface area (Å²) >= 11 is 6.47. The Morgan fingerprint density at radius 3 is 2.14 bits per heavy atom. The summed E-state index contributed by atoms with van der Waals surface area (Å²) in [4.78, 5) is 13.0. The van der Waals surface area contributed by atoms with Gasteiger partial charge >= 0.3 is 0 Å². The van der Waals surface area contributed by atoms with Gasteiger partial charge in [-0.1, -0.05) is 78.3 Å². The van der Waals surface area contributed by atoms with Crippen molar-refractivity contribution in [2.45, 2.75) is 0 Å². The van der Waals surface area contributed by atoms with Gasteiger partial charge in [-0.2, -0.15) is 0 Å². The third kappa shape index (κ3) is 3.76. The number of benzene rings is 5. The fourth-order valence-electron chi connectivity index (χ4n) is 4.73. The molecule has 35 heavy (non-hydrogen) atoms. The van der Waals surface area contributed by atoms with Gasteiger partial charge in [0.15, 0.2) is 0 Å². The molecule has 0 fully saturated rings. The highest BCUT2D eigenvalue weighted by atomic mass is 35.5. The van der Waals surface area contributed by atoms with Crippen LogP contribution in [0.2, 0.25) is 5.02 Å². The first-order valence-corrected chi connectivity index (χ1v) is 11.8. The number of nitrogens with zero attached hydrogens (tertiary/aromatic N) is 1. The van der Waals surface area contributed by atoms with Gasteiger partial charge in [0.05, 0.1) is 11.0 Å². The molecule has 0 atom stereocenters. The zero-order valence-electron chi connectivity index (χ0n) is 18.8. The summed E-state index contributed by atoms with van der Waals surface area (Å²) in [5, 5.41) is 5.96. The molecular weight excluding hydrogens is 452 g/mol. The van der Waals surface area contributed by atoms with E-state index in [1.54, 1.807) is 0 Å². The first kappa shape index (κ1) is 21.2. The molecule has 0 saturated heterocycles.